The molecule has 0 saturated carbocycles. The quantitative estimate of drug-likeness (QED) is 0.537. The largest absolute Gasteiger partial charge is 0.483 e. The van der Waals surface area contributed by atoms with Crippen molar-refractivity contribution < 1.29 is 34.1 Å². The number of hydrogen-bond donors (Lipinski definition) is 2. The van der Waals surface area contributed by atoms with E-state index in [0.717, 1.165) is 25.9 Å². The monoisotopic (exact) mass is 441 g/mol. The molecule has 3 fully saturated rings. The first kappa shape index (κ1) is 25.1. The van der Waals surface area contributed by atoms with Crippen LogP contribution in [0.15, 0.2) is 0 Å². The summed E-state index contributed by atoms with van der Waals surface area (Å²) in [5, 5.41) is 16.1. The van der Waals surface area contributed by atoms with Gasteiger partial charge < -0.3 is 29.6 Å². The first-order valence-electron chi connectivity index (χ1n) is 10.9. The molecule has 3 saturated heterocycles. The third-order valence-corrected chi connectivity index (χ3v) is 6.76. The van der Waals surface area contributed by atoms with Crippen molar-refractivity contribution in [3.63, 3.8) is 0 Å². The molecule has 3 aliphatic heterocycles. The second-order valence-electron chi connectivity index (χ2n) is 8.77. The summed E-state index contributed by atoms with van der Waals surface area (Å²) in [7, 11) is 2.08. The molecule has 2 N–H and O–H groups in total. The number of ether oxygens (including phenoxy) is 1. The third kappa shape index (κ3) is 6.39. The molecule has 10 heteroatoms. The Bertz CT molecular complexity index is 651. The Balaban J connectivity index is 0.00000107. The topological polar surface area (TPSA) is 128 Å². The summed E-state index contributed by atoms with van der Waals surface area (Å²) < 4.78 is 5.25. The van der Waals surface area contributed by atoms with Crippen molar-refractivity contribution in [3.8, 4) is 0 Å². The van der Waals surface area contributed by atoms with Crippen molar-refractivity contribution in [2.24, 2.45) is 17.3 Å². The summed E-state index contributed by atoms with van der Waals surface area (Å²) in [6.45, 7) is 6.35. The minimum atomic E-state index is -0.827. The summed E-state index contributed by atoms with van der Waals surface area (Å²) in [5.41, 5.74) is -0.304. The van der Waals surface area contributed by atoms with Crippen LogP contribution in [0.4, 0.5) is 0 Å². The summed E-state index contributed by atoms with van der Waals surface area (Å²) >= 11 is 0. The van der Waals surface area contributed by atoms with Crippen LogP contribution >= 0.6 is 0 Å². The van der Waals surface area contributed by atoms with Gasteiger partial charge in [0.2, 0.25) is 11.8 Å². The van der Waals surface area contributed by atoms with Gasteiger partial charge in [0.1, 0.15) is 6.61 Å². The maximum Gasteiger partial charge on any atom is 0.303 e. The Hall–Kier alpha value is -2.20. The van der Waals surface area contributed by atoms with Crippen LogP contribution in [0.3, 0.4) is 0 Å². The minimum Gasteiger partial charge on any atom is -0.483 e. The maximum absolute atomic E-state index is 13.1. The van der Waals surface area contributed by atoms with Crippen molar-refractivity contribution in [3.05, 3.63) is 0 Å². The summed E-state index contributed by atoms with van der Waals surface area (Å²) in [4.78, 5) is 51.0. The molecule has 0 radical (unpaired) electrons. The third-order valence-electron chi connectivity index (χ3n) is 6.76. The van der Waals surface area contributed by atoms with Crippen molar-refractivity contribution in [1.29, 1.82) is 0 Å². The highest BCUT2D eigenvalue weighted by Gasteiger charge is 2.54. The van der Waals surface area contributed by atoms with Gasteiger partial charge in [0.15, 0.2) is 0 Å². The first-order valence-corrected chi connectivity index (χ1v) is 10.9. The molecule has 0 spiro atoms. The average Bonchev–Trinajstić information content (AvgIpc) is 3.26. The lowest BCUT2D eigenvalue weighted by Gasteiger charge is -2.33. The van der Waals surface area contributed by atoms with Crippen LogP contribution in [0, 0.1) is 17.3 Å². The van der Waals surface area contributed by atoms with Gasteiger partial charge in [-0.1, -0.05) is 0 Å². The Morgan fingerprint density at radius 2 is 1.71 bits per heavy atom. The lowest BCUT2D eigenvalue weighted by molar-refractivity contribution is -0.137. The van der Waals surface area contributed by atoms with Gasteiger partial charge in [-0.3, -0.25) is 19.2 Å². The van der Waals surface area contributed by atoms with E-state index in [1.54, 1.807) is 4.90 Å². The zero-order chi connectivity index (χ0) is 23.0. The van der Waals surface area contributed by atoms with E-state index in [-0.39, 0.29) is 48.6 Å². The molecule has 2 atom stereocenters. The normalized spacial score (nSPS) is 26.2. The smallest absolute Gasteiger partial charge is 0.303 e. The number of carboxylic acids is 1. The van der Waals surface area contributed by atoms with E-state index in [1.807, 2.05) is 11.8 Å². The molecule has 3 heterocycles. The molecule has 3 aliphatic rings. The van der Waals surface area contributed by atoms with E-state index in [1.165, 1.54) is 0 Å². The highest BCUT2D eigenvalue weighted by Crippen LogP contribution is 2.46. The number of carboxylic acid groups (broad SMARTS) is 2. The van der Waals surface area contributed by atoms with Crippen LogP contribution in [-0.2, 0) is 23.9 Å². The summed E-state index contributed by atoms with van der Waals surface area (Å²) in [6, 6.07) is 0. The maximum atomic E-state index is 13.1. The Kier molecular flexibility index (Phi) is 9.24. The van der Waals surface area contributed by atoms with E-state index in [9.17, 15) is 19.5 Å². The van der Waals surface area contributed by atoms with Crippen LogP contribution in [0.1, 0.15) is 32.6 Å². The zero-order valence-electron chi connectivity index (χ0n) is 18.5. The molecule has 0 aromatic heterocycles. The van der Waals surface area contributed by atoms with Crippen LogP contribution in [0.25, 0.3) is 0 Å². The molecule has 3 rings (SSSR count). The van der Waals surface area contributed by atoms with E-state index in [2.05, 4.69) is 11.9 Å². The highest BCUT2D eigenvalue weighted by molar-refractivity contribution is 5.80. The zero-order valence-corrected chi connectivity index (χ0v) is 18.5. The van der Waals surface area contributed by atoms with Crippen LogP contribution < -0.4 is 0 Å². The summed E-state index contributed by atoms with van der Waals surface area (Å²) in [5.74, 6) is -0.439. The number of rotatable bonds is 7. The molecular formula is C21H35N3O7. The summed E-state index contributed by atoms with van der Waals surface area (Å²) in [6.07, 6.45) is 2.35. The Labute approximate surface area is 183 Å². The van der Waals surface area contributed by atoms with Gasteiger partial charge in [-0.2, -0.15) is 0 Å². The lowest BCUT2D eigenvalue weighted by Crippen LogP contribution is -2.44. The Morgan fingerprint density at radius 1 is 1.13 bits per heavy atom. The second-order valence-corrected chi connectivity index (χ2v) is 8.77. The fraction of sp³-hybridized carbons (Fsp3) is 0.810. The molecule has 31 heavy (non-hydrogen) atoms. The van der Waals surface area contributed by atoms with Crippen molar-refractivity contribution in [2.45, 2.75) is 32.6 Å². The van der Waals surface area contributed by atoms with Gasteiger partial charge in [-0.15, -0.1) is 0 Å². The molecule has 10 nitrogen and oxygen atoms in total. The van der Waals surface area contributed by atoms with Gasteiger partial charge >= 0.3 is 5.97 Å². The van der Waals surface area contributed by atoms with Crippen LogP contribution in [-0.4, -0.2) is 109 Å². The predicted molar refractivity (Wildman–Crippen MR) is 111 cm³/mol. The molecule has 2 unspecified atom stereocenters. The van der Waals surface area contributed by atoms with Crippen molar-refractivity contribution in [1.82, 2.24) is 14.7 Å². The molecule has 0 aromatic carbocycles. The van der Waals surface area contributed by atoms with E-state index in [0.29, 0.717) is 39.2 Å². The molecule has 176 valence electrons. The van der Waals surface area contributed by atoms with E-state index in [4.69, 9.17) is 14.6 Å². The number of amides is 2. The minimum absolute atomic E-state index is 0.0425. The Morgan fingerprint density at radius 3 is 2.29 bits per heavy atom. The first-order chi connectivity index (χ1) is 14.8. The van der Waals surface area contributed by atoms with Crippen LogP contribution in [0.2, 0.25) is 0 Å². The van der Waals surface area contributed by atoms with Gasteiger partial charge in [0, 0.05) is 56.5 Å². The fourth-order valence-corrected chi connectivity index (χ4v) is 5.05. The molecule has 0 bridgehead atoms. The number of aliphatic carboxylic acids is 1. The molecule has 2 amide bonds. The number of nitrogens with zero attached hydrogens (tertiary/aromatic N) is 3. The molecule has 0 aliphatic carbocycles. The number of fused-ring (bicyclic) bond motifs is 1. The van der Waals surface area contributed by atoms with Gasteiger partial charge in [0.05, 0.1) is 0 Å². The molecular weight excluding hydrogens is 406 g/mol. The van der Waals surface area contributed by atoms with Crippen LogP contribution in [0.5, 0.6) is 0 Å². The SMILES string of the molecule is CCOCC(=O)N1CC2CN(C(=O)C3CCN(C)CC3)CC2(CCC(=O)O)C1.O=CO. The standard InChI is InChI=1S/C20H33N3O5.CH2O2/c1-3-28-12-17(24)22-10-16-11-23(14-20(16,13-22)7-4-18(25)26)19(27)15-5-8-21(2)9-6-15;2-1-3/h15-16H,3-14H2,1-2H3,(H,25,26);1H,(H,2,3). The van der Waals surface area contributed by atoms with Crippen molar-refractivity contribution in [2.75, 3.05) is 59.5 Å². The number of hydrogen-bond acceptors (Lipinski definition) is 6. The lowest BCUT2D eigenvalue weighted by atomic mass is 9.77. The second kappa shape index (κ2) is 11.4. The number of carbonyl (C=O) groups excluding carboxylic acids is 2. The van der Waals surface area contributed by atoms with Crippen molar-refractivity contribution >= 4 is 24.3 Å². The average molecular weight is 442 g/mol. The van der Waals surface area contributed by atoms with Gasteiger partial charge in [-0.05, 0) is 46.3 Å². The van der Waals surface area contributed by atoms with Gasteiger partial charge in [0.25, 0.3) is 6.47 Å². The number of carbonyl (C=O) groups is 4. The van der Waals surface area contributed by atoms with E-state index >= 15 is 0 Å². The predicted octanol–water partition coefficient (Wildman–Crippen LogP) is 0.217. The van der Waals surface area contributed by atoms with Gasteiger partial charge in [-0.25, -0.2) is 0 Å². The highest BCUT2D eigenvalue weighted by atomic mass is 16.5. The number of likely N-dealkylation sites (tertiary alicyclic amines) is 3. The fourth-order valence-electron chi connectivity index (χ4n) is 5.05. The number of piperidine rings is 1. The van der Waals surface area contributed by atoms with E-state index < -0.39 is 5.97 Å². The molecule has 0 aromatic rings.